The van der Waals surface area contributed by atoms with Crippen molar-refractivity contribution >= 4 is 12.1 Å². The summed E-state index contributed by atoms with van der Waals surface area (Å²) in [6.45, 7) is 1.93. The molecule has 2 heterocycles. The van der Waals surface area contributed by atoms with E-state index in [1.807, 2.05) is 0 Å². The summed E-state index contributed by atoms with van der Waals surface area (Å²) in [5.74, 6) is 1.15. The molecule has 0 N–H and O–H groups in total. The van der Waals surface area contributed by atoms with Crippen LogP contribution in [-0.4, -0.2) is 36.2 Å². The molecular formula is C7H10N2O. The van der Waals surface area contributed by atoms with E-state index in [1.165, 1.54) is 6.42 Å². The summed E-state index contributed by atoms with van der Waals surface area (Å²) in [5.41, 5.74) is 0. The number of nitrogens with zero attached hydrogens (tertiary/aromatic N) is 2. The molecule has 0 radical (unpaired) electrons. The predicted molar refractivity (Wildman–Crippen MR) is 38.1 cm³/mol. The van der Waals surface area contributed by atoms with Crippen molar-refractivity contribution in [3.05, 3.63) is 0 Å². The van der Waals surface area contributed by atoms with Crippen LogP contribution in [0.1, 0.15) is 12.8 Å². The zero-order valence-electron chi connectivity index (χ0n) is 5.79. The van der Waals surface area contributed by atoms with Gasteiger partial charge in [-0.1, -0.05) is 0 Å². The molecule has 2 aliphatic rings. The van der Waals surface area contributed by atoms with Crippen molar-refractivity contribution in [2.75, 3.05) is 13.1 Å². The van der Waals surface area contributed by atoms with Gasteiger partial charge in [-0.2, -0.15) is 0 Å². The Labute approximate surface area is 59.7 Å². The zero-order valence-corrected chi connectivity index (χ0v) is 5.79. The number of hydrogen-bond donors (Lipinski definition) is 0. The topological polar surface area (TPSA) is 32.7 Å². The molecule has 1 atom stereocenters. The van der Waals surface area contributed by atoms with Gasteiger partial charge in [0.05, 0.1) is 5.84 Å². The SMILES string of the molecule is O=CC1CN2CCCC2=N1. The van der Waals surface area contributed by atoms with Gasteiger partial charge in [-0.05, 0) is 6.42 Å². The van der Waals surface area contributed by atoms with Crippen LogP contribution in [-0.2, 0) is 4.79 Å². The van der Waals surface area contributed by atoms with Gasteiger partial charge in [-0.25, -0.2) is 0 Å². The maximum absolute atomic E-state index is 10.3. The Kier molecular flexibility index (Phi) is 1.22. The van der Waals surface area contributed by atoms with Gasteiger partial charge in [0.2, 0.25) is 0 Å². The molecule has 0 aromatic heterocycles. The molecule has 1 fully saturated rings. The fraction of sp³-hybridized carbons (Fsp3) is 0.714. The predicted octanol–water partition coefficient (Wildman–Crippen LogP) is 0.0618. The molecule has 2 rings (SSSR count). The maximum Gasteiger partial charge on any atom is 0.146 e. The molecular weight excluding hydrogens is 128 g/mol. The largest absolute Gasteiger partial charge is 0.358 e. The van der Waals surface area contributed by atoms with E-state index in [4.69, 9.17) is 0 Å². The highest BCUT2D eigenvalue weighted by atomic mass is 16.1. The lowest BCUT2D eigenvalue weighted by atomic mass is 10.3. The minimum Gasteiger partial charge on any atom is -0.358 e. The van der Waals surface area contributed by atoms with E-state index in [9.17, 15) is 4.79 Å². The van der Waals surface area contributed by atoms with Crippen LogP contribution in [0.2, 0.25) is 0 Å². The third kappa shape index (κ3) is 0.735. The molecule has 3 nitrogen and oxygen atoms in total. The number of aldehydes is 1. The van der Waals surface area contributed by atoms with Crippen molar-refractivity contribution in [2.24, 2.45) is 4.99 Å². The van der Waals surface area contributed by atoms with Crippen LogP contribution >= 0.6 is 0 Å². The van der Waals surface area contributed by atoms with Crippen molar-refractivity contribution in [2.45, 2.75) is 18.9 Å². The Morgan fingerprint density at radius 2 is 2.60 bits per heavy atom. The van der Waals surface area contributed by atoms with Crippen LogP contribution < -0.4 is 0 Å². The van der Waals surface area contributed by atoms with Crippen LogP contribution in [0.3, 0.4) is 0 Å². The van der Waals surface area contributed by atoms with Gasteiger partial charge in [0.1, 0.15) is 12.3 Å². The van der Waals surface area contributed by atoms with Crippen LogP contribution in [0.5, 0.6) is 0 Å². The molecule has 0 amide bonds. The average molecular weight is 138 g/mol. The maximum atomic E-state index is 10.3. The van der Waals surface area contributed by atoms with Gasteiger partial charge in [0.25, 0.3) is 0 Å². The van der Waals surface area contributed by atoms with Gasteiger partial charge in [-0.3, -0.25) is 4.99 Å². The molecule has 10 heavy (non-hydrogen) atoms. The average Bonchev–Trinajstić information content (AvgIpc) is 2.42. The second-order valence-corrected chi connectivity index (χ2v) is 2.80. The quantitative estimate of drug-likeness (QED) is 0.480. The zero-order chi connectivity index (χ0) is 6.97. The number of hydrogen-bond acceptors (Lipinski definition) is 3. The number of rotatable bonds is 1. The fourth-order valence-corrected chi connectivity index (χ4v) is 1.59. The minimum absolute atomic E-state index is 0.0599. The van der Waals surface area contributed by atoms with E-state index >= 15 is 0 Å². The van der Waals surface area contributed by atoms with Gasteiger partial charge in [0, 0.05) is 19.5 Å². The summed E-state index contributed by atoms with van der Waals surface area (Å²) in [4.78, 5) is 16.8. The van der Waals surface area contributed by atoms with Crippen LogP contribution in [0.15, 0.2) is 4.99 Å². The van der Waals surface area contributed by atoms with Crippen molar-refractivity contribution in [1.82, 2.24) is 4.90 Å². The lowest BCUT2D eigenvalue weighted by Crippen LogP contribution is -2.24. The first-order chi connectivity index (χ1) is 4.90. The van der Waals surface area contributed by atoms with Crippen LogP contribution in [0, 0.1) is 0 Å². The van der Waals surface area contributed by atoms with E-state index in [1.54, 1.807) is 0 Å². The molecule has 0 spiro atoms. The van der Waals surface area contributed by atoms with E-state index in [2.05, 4.69) is 9.89 Å². The second kappa shape index (κ2) is 2.08. The summed E-state index contributed by atoms with van der Waals surface area (Å²) < 4.78 is 0. The number of carbonyl (C=O) groups is 1. The fourth-order valence-electron chi connectivity index (χ4n) is 1.59. The summed E-state index contributed by atoms with van der Waals surface area (Å²) in [5, 5.41) is 0. The number of aliphatic imine (C=N–C) groups is 1. The van der Waals surface area contributed by atoms with E-state index in [0.717, 1.165) is 31.6 Å². The van der Waals surface area contributed by atoms with Crippen molar-refractivity contribution in [3.8, 4) is 0 Å². The lowest BCUT2D eigenvalue weighted by molar-refractivity contribution is -0.108. The lowest BCUT2D eigenvalue weighted by Gasteiger charge is -2.09. The normalized spacial score (nSPS) is 30.2. The van der Waals surface area contributed by atoms with E-state index in [-0.39, 0.29) is 6.04 Å². The summed E-state index contributed by atoms with van der Waals surface area (Å²) >= 11 is 0. The standard InChI is InChI=1S/C7H10N2O/c10-5-6-4-9-3-1-2-7(9)8-6/h5-6H,1-4H2. The first-order valence-electron chi connectivity index (χ1n) is 3.67. The van der Waals surface area contributed by atoms with Crippen LogP contribution in [0.25, 0.3) is 0 Å². The monoisotopic (exact) mass is 138 g/mol. The molecule has 0 bridgehead atoms. The minimum atomic E-state index is -0.0599. The molecule has 0 aliphatic carbocycles. The molecule has 54 valence electrons. The highest BCUT2D eigenvalue weighted by Crippen LogP contribution is 2.18. The highest BCUT2D eigenvalue weighted by molar-refractivity contribution is 5.88. The number of carbonyl (C=O) groups excluding carboxylic acids is 1. The van der Waals surface area contributed by atoms with E-state index in [0.29, 0.717) is 0 Å². The Hall–Kier alpha value is -0.860. The second-order valence-electron chi connectivity index (χ2n) is 2.80. The Balaban J connectivity index is 2.14. The molecule has 0 saturated carbocycles. The van der Waals surface area contributed by atoms with Gasteiger partial charge in [0.15, 0.2) is 0 Å². The third-order valence-electron chi connectivity index (χ3n) is 2.07. The van der Waals surface area contributed by atoms with Gasteiger partial charge >= 0.3 is 0 Å². The van der Waals surface area contributed by atoms with E-state index < -0.39 is 0 Å². The molecule has 1 unspecified atom stereocenters. The number of amidine groups is 1. The molecule has 0 aromatic rings. The smallest absolute Gasteiger partial charge is 0.146 e. The number of fused-ring (bicyclic) bond motifs is 1. The highest BCUT2D eigenvalue weighted by Gasteiger charge is 2.27. The first-order valence-corrected chi connectivity index (χ1v) is 3.67. The van der Waals surface area contributed by atoms with Gasteiger partial charge < -0.3 is 9.69 Å². The summed E-state index contributed by atoms with van der Waals surface area (Å²) in [6.07, 6.45) is 3.22. The van der Waals surface area contributed by atoms with Crippen LogP contribution in [0.4, 0.5) is 0 Å². The molecule has 1 saturated heterocycles. The molecule has 0 aromatic carbocycles. The Morgan fingerprint density at radius 3 is 3.30 bits per heavy atom. The van der Waals surface area contributed by atoms with Crippen molar-refractivity contribution < 1.29 is 4.79 Å². The van der Waals surface area contributed by atoms with Crippen molar-refractivity contribution in [1.29, 1.82) is 0 Å². The summed E-state index contributed by atoms with van der Waals surface area (Å²) in [6, 6.07) is -0.0599. The van der Waals surface area contributed by atoms with Crippen molar-refractivity contribution in [3.63, 3.8) is 0 Å². The first kappa shape index (κ1) is 5.89. The summed E-state index contributed by atoms with van der Waals surface area (Å²) in [7, 11) is 0. The third-order valence-corrected chi connectivity index (χ3v) is 2.07. The van der Waals surface area contributed by atoms with Gasteiger partial charge in [-0.15, -0.1) is 0 Å². The molecule has 3 heteroatoms. The molecule has 2 aliphatic heterocycles. The Bertz CT molecular complexity index is 188. The Morgan fingerprint density at radius 1 is 1.70 bits per heavy atom.